The van der Waals surface area contributed by atoms with E-state index in [1.807, 2.05) is 19.2 Å². The summed E-state index contributed by atoms with van der Waals surface area (Å²) < 4.78 is 41.0. The standard InChI is InChI=1S/C23H26F3N7O/c1-14-12-33-20(29-21(14)31-10-8-15(27)13-31)11-17(30-33)18-6-2-3-9-32(18)22(34)16-5-4-7-19(28-16)23(24,25)26/h4-5,7,11-12,15,18H,2-3,6,8-10,13,27H2,1H3/t15-,18-/m0/s1. The number of carbonyl (C=O) groups excluding carboxylic acids is 1. The molecule has 2 saturated heterocycles. The summed E-state index contributed by atoms with van der Waals surface area (Å²) in [4.78, 5) is 25.4. The summed E-state index contributed by atoms with van der Waals surface area (Å²) in [5.41, 5.74) is 7.07. The molecule has 0 spiro atoms. The maximum atomic E-state index is 13.2. The third-order valence-electron chi connectivity index (χ3n) is 6.51. The van der Waals surface area contributed by atoms with E-state index in [1.165, 1.54) is 12.1 Å². The Morgan fingerprint density at radius 3 is 2.71 bits per heavy atom. The number of fused-ring (bicyclic) bond motifs is 1. The van der Waals surface area contributed by atoms with Gasteiger partial charge in [0.25, 0.3) is 5.91 Å². The van der Waals surface area contributed by atoms with Crippen molar-refractivity contribution in [1.29, 1.82) is 0 Å². The molecular formula is C23H26F3N7O. The van der Waals surface area contributed by atoms with Gasteiger partial charge in [-0.15, -0.1) is 0 Å². The number of anilines is 1. The summed E-state index contributed by atoms with van der Waals surface area (Å²) in [7, 11) is 0. The Morgan fingerprint density at radius 2 is 1.97 bits per heavy atom. The van der Waals surface area contributed by atoms with Crippen LogP contribution < -0.4 is 10.6 Å². The molecule has 2 N–H and O–H groups in total. The van der Waals surface area contributed by atoms with Gasteiger partial charge in [0.05, 0.1) is 11.7 Å². The summed E-state index contributed by atoms with van der Waals surface area (Å²) in [6, 6.07) is 5.03. The number of hydrogen-bond acceptors (Lipinski definition) is 6. The van der Waals surface area contributed by atoms with E-state index in [0.717, 1.165) is 49.8 Å². The summed E-state index contributed by atoms with van der Waals surface area (Å²) in [5, 5.41) is 4.68. The van der Waals surface area contributed by atoms with Crippen molar-refractivity contribution in [3.63, 3.8) is 0 Å². The van der Waals surface area contributed by atoms with Crippen LogP contribution in [0.1, 0.15) is 59.2 Å². The molecule has 11 heteroatoms. The Kier molecular flexibility index (Phi) is 5.67. The number of halogens is 3. The SMILES string of the molecule is Cc1cn2nc([C@@H]3CCCCN3C(=O)c3cccc(C(F)(F)F)n3)cc2nc1N1CC[C@H](N)C1. The monoisotopic (exact) mass is 473 g/mol. The van der Waals surface area contributed by atoms with Gasteiger partial charge in [-0.1, -0.05) is 6.07 Å². The van der Waals surface area contributed by atoms with Gasteiger partial charge in [0, 0.05) is 43.5 Å². The Morgan fingerprint density at radius 1 is 1.15 bits per heavy atom. The smallest absolute Gasteiger partial charge is 0.355 e. The van der Waals surface area contributed by atoms with Gasteiger partial charge in [-0.25, -0.2) is 14.5 Å². The number of aryl methyl sites for hydroxylation is 1. The van der Waals surface area contributed by atoms with Crippen LogP contribution >= 0.6 is 0 Å². The third kappa shape index (κ3) is 4.20. The van der Waals surface area contributed by atoms with Gasteiger partial charge in [0.2, 0.25) is 0 Å². The van der Waals surface area contributed by atoms with Gasteiger partial charge in [0.15, 0.2) is 5.65 Å². The lowest BCUT2D eigenvalue weighted by Crippen LogP contribution is -2.39. The van der Waals surface area contributed by atoms with Gasteiger partial charge >= 0.3 is 6.18 Å². The van der Waals surface area contributed by atoms with E-state index in [-0.39, 0.29) is 17.8 Å². The fourth-order valence-corrected chi connectivity index (χ4v) is 4.82. The number of amides is 1. The molecular weight excluding hydrogens is 447 g/mol. The number of nitrogens with zero attached hydrogens (tertiary/aromatic N) is 6. The van der Waals surface area contributed by atoms with Gasteiger partial charge in [0.1, 0.15) is 17.2 Å². The number of aromatic nitrogens is 4. The maximum absolute atomic E-state index is 13.2. The second-order valence-electron chi connectivity index (χ2n) is 9.03. The molecule has 5 rings (SSSR count). The Labute approximate surface area is 194 Å². The molecule has 0 saturated carbocycles. The molecule has 0 unspecified atom stereocenters. The van der Waals surface area contributed by atoms with Gasteiger partial charge in [-0.3, -0.25) is 4.79 Å². The summed E-state index contributed by atoms with van der Waals surface area (Å²) >= 11 is 0. The predicted octanol–water partition coefficient (Wildman–Crippen LogP) is 3.36. The fourth-order valence-electron chi connectivity index (χ4n) is 4.82. The number of rotatable bonds is 3. The van der Waals surface area contributed by atoms with Crippen LogP contribution in [0.5, 0.6) is 0 Å². The summed E-state index contributed by atoms with van der Waals surface area (Å²) in [5.74, 6) is 0.348. The maximum Gasteiger partial charge on any atom is 0.433 e. The highest BCUT2D eigenvalue weighted by Gasteiger charge is 2.35. The van der Waals surface area contributed by atoms with Crippen molar-refractivity contribution in [1.82, 2.24) is 24.5 Å². The summed E-state index contributed by atoms with van der Waals surface area (Å²) in [6.45, 7) is 4.00. The van der Waals surface area contributed by atoms with Gasteiger partial charge in [-0.05, 0) is 44.7 Å². The van der Waals surface area contributed by atoms with Crippen LogP contribution in [0.2, 0.25) is 0 Å². The number of likely N-dealkylation sites (tertiary alicyclic amines) is 1. The van der Waals surface area contributed by atoms with Crippen LogP contribution in [0, 0.1) is 6.92 Å². The lowest BCUT2D eigenvalue weighted by atomic mass is 9.99. The lowest BCUT2D eigenvalue weighted by Gasteiger charge is -2.34. The quantitative estimate of drug-likeness (QED) is 0.627. The largest absolute Gasteiger partial charge is 0.433 e. The second-order valence-corrected chi connectivity index (χ2v) is 9.03. The van der Waals surface area contributed by atoms with Crippen LogP contribution in [-0.4, -0.2) is 56.1 Å². The molecule has 0 aromatic carbocycles. The van der Waals surface area contributed by atoms with Crippen LogP contribution in [0.3, 0.4) is 0 Å². The Hall–Kier alpha value is -3.21. The molecule has 2 atom stereocenters. The number of carbonyl (C=O) groups is 1. The van der Waals surface area contributed by atoms with E-state index in [4.69, 9.17) is 10.7 Å². The minimum Gasteiger partial charge on any atom is -0.355 e. The molecule has 2 aliphatic heterocycles. The minimum absolute atomic E-state index is 0.129. The number of pyridine rings is 1. The zero-order valence-corrected chi connectivity index (χ0v) is 18.8. The van der Waals surface area contributed by atoms with E-state index >= 15 is 0 Å². The zero-order valence-electron chi connectivity index (χ0n) is 18.8. The molecule has 34 heavy (non-hydrogen) atoms. The van der Waals surface area contributed by atoms with Crippen molar-refractivity contribution in [2.45, 2.75) is 50.9 Å². The molecule has 5 heterocycles. The topological polar surface area (TPSA) is 92.6 Å². The fraction of sp³-hybridized carbons (Fsp3) is 0.478. The highest BCUT2D eigenvalue weighted by molar-refractivity contribution is 5.92. The molecule has 2 aliphatic rings. The first kappa shape index (κ1) is 22.6. The van der Waals surface area contributed by atoms with E-state index in [1.54, 1.807) is 9.42 Å². The summed E-state index contributed by atoms with van der Waals surface area (Å²) in [6.07, 6.45) is 0.544. The molecule has 2 fully saturated rings. The van der Waals surface area contributed by atoms with Crippen LogP contribution in [0.15, 0.2) is 30.5 Å². The first-order valence-corrected chi connectivity index (χ1v) is 11.4. The Balaban J connectivity index is 1.46. The molecule has 0 aliphatic carbocycles. The normalized spacial score (nSPS) is 21.4. The molecule has 3 aromatic rings. The molecule has 3 aromatic heterocycles. The van der Waals surface area contributed by atoms with Crippen LogP contribution in [-0.2, 0) is 6.18 Å². The van der Waals surface area contributed by atoms with Crippen molar-refractivity contribution in [2.24, 2.45) is 5.73 Å². The molecule has 8 nitrogen and oxygen atoms in total. The van der Waals surface area contributed by atoms with Crippen molar-refractivity contribution in [2.75, 3.05) is 24.5 Å². The predicted molar refractivity (Wildman–Crippen MR) is 119 cm³/mol. The lowest BCUT2D eigenvalue weighted by molar-refractivity contribution is -0.141. The number of piperidine rings is 1. The number of nitrogens with two attached hydrogens (primary N) is 1. The third-order valence-corrected chi connectivity index (χ3v) is 6.51. The first-order valence-electron chi connectivity index (χ1n) is 11.4. The highest BCUT2D eigenvalue weighted by atomic mass is 19.4. The Bertz CT molecular complexity index is 1220. The second kappa shape index (κ2) is 8.53. The highest BCUT2D eigenvalue weighted by Crippen LogP contribution is 2.33. The number of hydrogen-bond donors (Lipinski definition) is 1. The average Bonchev–Trinajstić information content (AvgIpc) is 3.43. The van der Waals surface area contributed by atoms with Crippen LogP contribution in [0.4, 0.5) is 19.0 Å². The molecule has 0 radical (unpaired) electrons. The molecule has 1 amide bonds. The number of alkyl halides is 3. The molecule has 0 bridgehead atoms. The van der Waals surface area contributed by atoms with Gasteiger partial charge < -0.3 is 15.5 Å². The first-order chi connectivity index (χ1) is 16.2. The van der Waals surface area contributed by atoms with Crippen LogP contribution in [0.25, 0.3) is 5.65 Å². The average molecular weight is 474 g/mol. The van der Waals surface area contributed by atoms with Gasteiger partial charge in [-0.2, -0.15) is 18.3 Å². The van der Waals surface area contributed by atoms with Crippen molar-refractivity contribution >= 4 is 17.4 Å². The van der Waals surface area contributed by atoms with Crippen molar-refractivity contribution in [3.05, 3.63) is 53.1 Å². The van der Waals surface area contributed by atoms with E-state index in [2.05, 4.69) is 15.0 Å². The van der Waals surface area contributed by atoms with Crippen molar-refractivity contribution < 1.29 is 18.0 Å². The van der Waals surface area contributed by atoms with E-state index in [0.29, 0.717) is 24.3 Å². The van der Waals surface area contributed by atoms with Crippen molar-refractivity contribution in [3.8, 4) is 0 Å². The minimum atomic E-state index is -4.61. The van der Waals surface area contributed by atoms with E-state index < -0.39 is 17.8 Å². The zero-order chi connectivity index (χ0) is 24.0. The van der Waals surface area contributed by atoms with E-state index in [9.17, 15) is 18.0 Å². The molecule has 180 valence electrons.